The first-order valence-electron chi connectivity index (χ1n) is 7.16. The fraction of sp³-hybridized carbons (Fsp3) is 0.667. The van der Waals surface area contributed by atoms with Gasteiger partial charge in [-0.2, -0.15) is 0 Å². The van der Waals surface area contributed by atoms with Crippen LogP contribution in [-0.4, -0.2) is 27.7 Å². The first-order chi connectivity index (χ1) is 9.00. The highest BCUT2D eigenvalue weighted by Gasteiger charge is 2.48. The number of carbonyl (C=O) groups is 1. The normalized spacial score (nSPS) is 29.4. The van der Waals surface area contributed by atoms with Gasteiger partial charge >= 0.3 is 0 Å². The van der Waals surface area contributed by atoms with Crippen LogP contribution in [-0.2, 0) is 0 Å². The van der Waals surface area contributed by atoms with E-state index < -0.39 is 0 Å². The molecule has 2 aliphatic rings. The number of hydrogen-bond donors (Lipinski definition) is 2. The molecule has 1 aromatic heterocycles. The molecule has 0 radical (unpaired) electrons. The van der Waals surface area contributed by atoms with Crippen molar-refractivity contribution in [2.45, 2.75) is 57.7 Å². The average molecular weight is 262 g/mol. The molecule has 2 atom stereocenters. The monoisotopic (exact) mass is 262 g/mol. The second-order valence-electron chi connectivity index (χ2n) is 6.48. The lowest BCUT2D eigenvalue weighted by Gasteiger charge is -2.49. The first-order valence-corrected chi connectivity index (χ1v) is 7.16. The number of rotatable bonds is 3. The van der Waals surface area contributed by atoms with Crippen LogP contribution in [0.25, 0.3) is 0 Å². The lowest BCUT2D eigenvalue weighted by Crippen LogP contribution is -2.61. The summed E-state index contributed by atoms with van der Waals surface area (Å²) in [5.74, 6) is -0.0122. The minimum Gasteiger partial charge on any atom is -0.392 e. The Labute approximate surface area is 113 Å². The quantitative estimate of drug-likeness (QED) is 0.876. The van der Waals surface area contributed by atoms with Gasteiger partial charge in [-0.15, -0.1) is 0 Å². The summed E-state index contributed by atoms with van der Waals surface area (Å²) < 4.78 is 2.10. The number of nitrogens with one attached hydrogen (secondary N) is 1. The highest BCUT2D eigenvalue weighted by atomic mass is 16.3. The first kappa shape index (κ1) is 12.7. The van der Waals surface area contributed by atoms with Crippen molar-refractivity contribution in [2.75, 3.05) is 0 Å². The van der Waals surface area contributed by atoms with Crippen LogP contribution in [0.2, 0.25) is 0 Å². The Balaban J connectivity index is 1.69. The molecule has 1 heterocycles. The number of aliphatic hydroxyl groups excluding tert-OH is 1. The van der Waals surface area contributed by atoms with Crippen molar-refractivity contribution in [3.05, 3.63) is 24.0 Å². The molecule has 2 aliphatic carbocycles. The summed E-state index contributed by atoms with van der Waals surface area (Å²) in [5, 5.41) is 12.8. The lowest BCUT2D eigenvalue weighted by atomic mass is 9.64. The summed E-state index contributed by atoms with van der Waals surface area (Å²) in [6.07, 6.45) is 5.94. The van der Waals surface area contributed by atoms with Crippen molar-refractivity contribution >= 4 is 5.91 Å². The number of aliphatic hydroxyl groups is 1. The molecule has 104 valence electrons. The molecule has 0 aromatic carbocycles. The van der Waals surface area contributed by atoms with E-state index in [1.165, 1.54) is 19.3 Å². The zero-order chi connectivity index (χ0) is 13.6. The predicted octanol–water partition coefficient (Wildman–Crippen LogP) is 2.10. The van der Waals surface area contributed by atoms with E-state index in [9.17, 15) is 9.90 Å². The van der Waals surface area contributed by atoms with Crippen LogP contribution in [0.3, 0.4) is 0 Å². The van der Waals surface area contributed by atoms with Crippen molar-refractivity contribution in [3.8, 4) is 0 Å². The van der Waals surface area contributed by atoms with Crippen LogP contribution in [0.5, 0.6) is 0 Å². The maximum Gasteiger partial charge on any atom is 0.268 e. The van der Waals surface area contributed by atoms with Crippen LogP contribution < -0.4 is 5.32 Å². The zero-order valence-corrected chi connectivity index (χ0v) is 11.6. The Morgan fingerprint density at radius 1 is 1.47 bits per heavy atom. The molecule has 2 fully saturated rings. The highest BCUT2D eigenvalue weighted by molar-refractivity contribution is 5.93. The third kappa shape index (κ3) is 1.98. The van der Waals surface area contributed by atoms with Crippen molar-refractivity contribution in [1.29, 1.82) is 0 Å². The van der Waals surface area contributed by atoms with Crippen molar-refractivity contribution < 1.29 is 9.90 Å². The number of carbonyl (C=O) groups excluding carboxylic acids is 1. The van der Waals surface area contributed by atoms with Gasteiger partial charge in [0, 0.05) is 23.7 Å². The maximum atomic E-state index is 12.4. The molecule has 4 heteroatoms. The summed E-state index contributed by atoms with van der Waals surface area (Å²) in [6, 6.07) is 4.39. The van der Waals surface area contributed by atoms with Gasteiger partial charge in [0.25, 0.3) is 5.91 Å². The highest BCUT2D eigenvalue weighted by Crippen LogP contribution is 2.40. The standard InChI is InChI=1S/C15H22N2O2/c1-15(2)12(9-13(15)18)16-14(19)11-7-4-8-17(11)10-5-3-6-10/h4,7-8,10,12-13,18H,3,5-6,9H2,1-2H3,(H,16,19). The third-order valence-electron chi connectivity index (χ3n) is 5.00. The molecular formula is C15H22N2O2. The van der Waals surface area contributed by atoms with Crippen LogP contribution in [0.4, 0.5) is 0 Å². The van der Waals surface area contributed by atoms with Crippen LogP contribution in [0.1, 0.15) is 56.1 Å². The Hall–Kier alpha value is -1.29. The minimum absolute atomic E-state index is 0.0122. The molecule has 3 rings (SSSR count). The Morgan fingerprint density at radius 2 is 2.21 bits per heavy atom. The molecule has 2 N–H and O–H groups in total. The molecule has 2 unspecified atom stereocenters. The second-order valence-corrected chi connectivity index (χ2v) is 6.48. The van der Waals surface area contributed by atoms with Crippen LogP contribution in [0.15, 0.2) is 18.3 Å². The minimum atomic E-state index is -0.309. The maximum absolute atomic E-state index is 12.4. The van der Waals surface area contributed by atoms with Gasteiger partial charge in [-0.1, -0.05) is 13.8 Å². The van der Waals surface area contributed by atoms with Gasteiger partial charge in [0.1, 0.15) is 5.69 Å². The smallest absolute Gasteiger partial charge is 0.268 e. The second kappa shape index (κ2) is 4.37. The topological polar surface area (TPSA) is 54.3 Å². The summed E-state index contributed by atoms with van der Waals surface area (Å²) in [5.41, 5.74) is 0.533. The van der Waals surface area contributed by atoms with Crippen LogP contribution >= 0.6 is 0 Å². The molecule has 19 heavy (non-hydrogen) atoms. The van der Waals surface area contributed by atoms with E-state index in [2.05, 4.69) is 9.88 Å². The van der Waals surface area contributed by atoms with E-state index in [4.69, 9.17) is 0 Å². The molecule has 1 amide bonds. The summed E-state index contributed by atoms with van der Waals surface area (Å²) in [4.78, 5) is 12.4. The van der Waals surface area contributed by atoms with Gasteiger partial charge in [0.15, 0.2) is 0 Å². The number of aromatic nitrogens is 1. The summed E-state index contributed by atoms with van der Waals surface area (Å²) >= 11 is 0. The molecule has 2 saturated carbocycles. The fourth-order valence-corrected chi connectivity index (χ4v) is 2.95. The van der Waals surface area contributed by atoms with Gasteiger partial charge in [-0.05, 0) is 37.8 Å². The Kier molecular flexibility index (Phi) is 2.93. The van der Waals surface area contributed by atoms with E-state index in [0.29, 0.717) is 12.5 Å². The number of hydrogen-bond acceptors (Lipinski definition) is 2. The predicted molar refractivity (Wildman–Crippen MR) is 73.0 cm³/mol. The molecule has 0 bridgehead atoms. The zero-order valence-electron chi connectivity index (χ0n) is 11.6. The van der Waals surface area contributed by atoms with Crippen molar-refractivity contribution in [3.63, 3.8) is 0 Å². The Bertz CT molecular complexity index is 488. The van der Waals surface area contributed by atoms with Gasteiger partial charge in [0.2, 0.25) is 0 Å². The summed E-state index contributed by atoms with van der Waals surface area (Å²) in [7, 11) is 0. The largest absolute Gasteiger partial charge is 0.392 e. The van der Waals surface area contributed by atoms with Gasteiger partial charge in [0.05, 0.1) is 6.10 Å². The Morgan fingerprint density at radius 3 is 2.74 bits per heavy atom. The van der Waals surface area contributed by atoms with Crippen molar-refractivity contribution in [2.24, 2.45) is 5.41 Å². The SMILES string of the molecule is CC1(C)C(O)CC1NC(=O)c1cccn1C1CCC1. The average Bonchev–Trinajstić information content (AvgIpc) is 2.75. The van der Waals surface area contributed by atoms with E-state index in [-0.39, 0.29) is 23.5 Å². The van der Waals surface area contributed by atoms with Gasteiger partial charge in [-0.3, -0.25) is 4.79 Å². The van der Waals surface area contributed by atoms with E-state index >= 15 is 0 Å². The summed E-state index contributed by atoms with van der Waals surface area (Å²) in [6.45, 7) is 3.99. The molecule has 0 saturated heterocycles. The molecule has 0 aliphatic heterocycles. The molecule has 1 aromatic rings. The van der Waals surface area contributed by atoms with Gasteiger partial charge in [-0.25, -0.2) is 0 Å². The van der Waals surface area contributed by atoms with E-state index in [0.717, 1.165) is 5.69 Å². The van der Waals surface area contributed by atoms with E-state index in [1.807, 2.05) is 32.2 Å². The van der Waals surface area contributed by atoms with Crippen LogP contribution in [0, 0.1) is 5.41 Å². The number of nitrogens with zero attached hydrogens (tertiary/aromatic N) is 1. The molecule has 4 nitrogen and oxygen atoms in total. The lowest BCUT2D eigenvalue weighted by molar-refractivity contribution is -0.0690. The van der Waals surface area contributed by atoms with E-state index in [1.54, 1.807) is 0 Å². The number of amides is 1. The fourth-order valence-electron chi connectivity index (χ4n) is 2.95. The van der Waals surface area contributed by atoms with Gasteiger partial charge < -0.3 is 15.0 Å². The molecular weight excluding hydrogens is 240 g/mol. The third-order valence-corrected chi connectivity index (χ3v) is 5.00. The molecule has 0 spiro atoms. The van der Waals surface area contributed by atoms with Crippen molar-refractivity contribution in [1.82, 2.24) is 9.88 Å².